The zero-order chi connectivity index (χ0) is 5.82. The van der Waals surface area contributed by atoms with Gasteiger partial charge in [0.25, 0.3) is 0 Å². The minimum atomic E-state index is 0. The number of terminal acetylenes is 1. The van der Waals surface area contributed by atoms with Crippen LogP contribution in [0.25, 0.3) is 0 Å². The number of nitrogens with one attached hydrogen (secondary N) is 1. The van der Waals surface area contributed by atoms with Crippen LogP contribution in [-0.4, -0.2) is 13.1 Å². The van der Waals surface area contributed by atoms with Gasteiger partial charge < -0.3 is 5.32 Å². The van der Waals surface area contributed by atoms with Crippen molar-refractivity contribution in [1.29, 1.82) is 0 Å². The highest BCUT2D eigenvalue weighted by Gasteiger charge is 2.14. The van der Waals surface area contributed by atoms with Crippen LogP contribution in [0.2, 0.25) is 0 Å². The first-order valence-corrected chi connectivity index (χ1v) is 3.07. The molecule has 0 unspecified atom stereocenters. The van der Waals surface area contributed by atoms with Gasteiger partial charge in [-0.3, -0.25) is 0 Å². The summed E-state index contributed by atoms with van der Waals surface area (Å²) in [6, 6.07) is 0. The molecule has 1 aliphatic rings. The SMILES string of the molecule is C#CCCC1CNC1.Cl. The Hall–Kier alpha value is -0.190. The molecule has 1 N–H and O–H groups in total. The maximum atomic E-state index is 5.09. The lowest BCUT2D eigenvalue weighted by atomic mass is 9.98. The Kier molecular flexibility index (Phi) is 4.57. The highest BCUT2D eigenvalue weighted by Crippen LogP contribution is 2.09. The molecule has 0 aromatic heterocycles. The Labute approximate surface area is 62.6 Å². The van der Waals surface area contributed by atoms with Crippen molar-refractivity contribution in [2.24, 2.45) is 5.92 Å². The fourth-order valence-corrected chi connectivity index (χ4v) is 0.840. The predicted octanol–water partition coefficient (Wildman–Crippen LogP) is 1.04. The average molecular weight is 146 g/mol. The molecule has 1 rings (SSSR count). The van der Waals surface area contributed by atoms with Crippen LogP contribution in [0.5, 0.6) is 0 Å². The summed E-state index contributed by atoms with van der Waals surface area (Å²) in [4.78, 5) is 0. The first-order valence-electron chi connectivity index (χ1n) is 3.07. The average Bonchev–Trinajstić information content (AvgIpc) is 1.63. The van der Waals surface area contributed by atoms with Gasteiger partial charge in [-0.25, -0.2) is 0 Å². The van der Waals surface area contributed by atoms with Gasteiger partial charge in [-0.1, -0.05) is 0 Å². The molecule has 1 nitrogen and oxygen atoms in total. The van der Waals surface area contributed by atoms with Crippen LogP contribution in [0.1, 0.15) is 12.8 Å². The molecule has 2 heteroatoms. The van der Waals surface area contributed by atoms with Gasteiger partial charge in [0, 0.05) is 6.42 Å². The number of rotatable bonds is 2. The molecule has 9 heavy (non-hydrogen) atoms. The summed E-state index contributed by atoms with van der Waals surface area (Å²) in [7, 11) is 0. The maximum Gasteiger partial charge on any atom is 0.00896 e. The fraction of sp³-hybridized carbons (Fsp3) is 0.714. The molecule has 0 aromatic rings. The van der Waals surface area contributed by atoms with Gasteiger partial charge >= 0.3 is 0 Å². The lowest BCUT2D eigenvalue weighted by Gasteiger charge is -2.25. The van der Waals surface area contributed by atoms with Crippen molar-refractivity contribution >= 4 is 12.4 Å². The van der Waals surface area contributed by atoms with Crippen molar-refractivity contribution in [1.82, 2.24) is 5.32 Å². The van der Waals surface area contributed by atoms with Crippen molar-refractivity contribution in [3.8, 4) is 12.3 Å². The van der Waals surface area contributed by atoms with Gasteiger partial charge in [-0.05, 0) is 25.4 Å². The second-order valence-electron chi connectivity index (χ2n) is 2.27. The van der Waals surface area contributed by atoms with E-state index in [2.05, 4.69) is 11.2 Å². The summed E-state index contributed by atoms with van der Waals surface area (Å²) >= 11 is 0. The Balaban J connectivity index is 0.000000640. The first kappa shape index (κ1) is 8.81. The summed E-state index contributed by atoms with van der Waals surface area (Å²) < 4.78 is 0. The van der Waals surface area contributed by atoms with E-state index in [1.54, 1.807) is 0 Å². The second kappa shape index (κ2) is 4.67. The molecule has 0 saturated carbocycles. The van der Waals surface area contributed by atoms with E-state index in [1.807, 2.05) is 0 Å². The molecule has 0 aliphatic carbocycles. The van der Waals surface area contributed by atoms with Crippen LogP contribution in [0, 0.1) is 18.3 Å². The largest absolute Gasteiger partial charge is 0.316 e. The molecular formula is C7H12ClN. The molecule has 0 amide bonds. The van der Waals surface area contributed by atoms with Gasteiger partial charge in [0.1, 0.15) is 0 Å². The van der Waals surface area contributed by atoms with Crippen LogP contribution >= 0.6 is 12.4 Å². The van der Waals surface area contributed by atoms with Gasteiger partial charge in [0.15, 0.2) is 0 Å². The molecule has 52 valence electrons. The first-order chi connectivity index (χ1) is 3.93. The minimum absolute atomic E-state index is 0. The Morgan fingerprint density at radius 3 is 2.56 bits per heavy atom. The van der Waals surface area contributed by atoms with Crippen molar-refractivity contribution in [2.75, 3.05) is 13.1 Å². The van der Waals surface area contributed by atoms with Gasteiger partial charge in [-0.15, -0.1) is 24.8 Å². The standard InChI is InChI=1S/C7H11N.ClH/c1-2-3-4-7-5-8-6-7;/h1,7-8H,3-6H2;1H. The number of hydrogen-bond acceptors (Lipinski definition) is 1. The maximum absolute atomic E-state index is 5.09. The van der Waals surface area contributed by atoms with Crippen LogP contribution in [0.4, 0.5) is 0 Å². The predicted molar refractivity (Wildman–Crippen MR) is 41.7 cm³/mol. The van der Waals surface area contributed by atoms with Crippen molar-refractivity contribution in [3.05, 3.63) is 0 Å². The second-order valence-corrected chi connectivity index (χ2v) is 2.27. The third-order valence-electron chi connectivity index (χ3n) is 1.56. The van der Waals surface area contributed by atoms with Crippen molar-refractivity contribution in [2.45, 2.75) is 12.8 Å². The molecule has 0 aromatic carbocycles. The van der Waals surface area contributed by atoms with E-state index in [-0.39, 0.29) is 12.4 Å². The zero-order valence-corrected chi connectivity index (χ0v) is 6.21. The topological polar surface area (TPSA) is 12.0 Å². The monoisotopic (exact) mass is 145 g/mol. The van der Waals surface area contributed by atoms with Crippen LogP contribution in [-0.2, 0) is 0 Å². The van der Waals surface area contributed by atoms with Gasteiger partial charge in [0.2, 0.25) is 0 Å². The van der Waals surface area contributed by atoms with Gasteiger partial charge in [0.05, 0.1) is 0 Å². The molecule has 0 bridgehead atoms. The lowest BCUT2D eigenvalue weighted by molar-refractivity contribution is 0.331. The summed E-state index contributed by atoms with van der Waals surface area (Å²) in [5.41, 5.74) is 0. The smallest absolute Gasteiger partial charge is 0.00896 e. The van der Waals surface area contributed by atoms with E-state index in [1.165, 1.54) is 19.5 Å². The third-order valence-corrected chi connectivity index (χ3v) is 1.56. The molecule has 0 atom stereocenters. The molecular weight excluding hydrogens is 134 g/mol. The lowest BCUT2D eigenvalue weighted by Crippen LogP contribution is -2.41. The molecule has 1 saturated heterocycles. The summed E-state index contributed by atoms with van der Waals surface area (Å²) in [5, 5.41) is 3.20. The van der Waals surface area contributed by atoms with Crippen LogP contribution in [0.15, 0.2) is 0 Å². The molecule has 0 radical (unpaired) electrons. The number of halogens is 1. The summed E-state index contributed by atoms with van der Waals surface area (Å²) in [6.45, 7) is 2.36. The third kappa shape index (κ3) is 2.74. The highest BCUT2D eigenvalue weighted by atomic mass is 35.5. The van der Waals surface area contributed by atoms with Crippen LogP contribution in [0.3, 0.4) is 0 Å². The normalized spacial score (nSPS) is 17.2. The molecule has 1 heterocycles. The van der Waals surface area contributed by atoms with E-state index in [0.29, 0.717) is 0 Å². The molecule has 0 spiro atoms. The number of hydrogen-bond donors (Lipinski definition) is 1. The molecule has 1 aliphatic heterocycles. The zero-order valence-electron chi connectivity index (χ0n) is 5.39. The minimum Gasteiger partial charge on any atom is -0.316 e. The van der Waals surface area contributed by atoms with Crippen molar-refractivity contribution < 1.29 is 0 Å². The van der Waals surface area contributed by atoms with Gasteiger partial charge in [-0.2, -0.15) is 0 Å². The Morgan fingerprint density at radius 2 is 2.22 bits per heavy atom. The quantitative estimate of drug-likeness (QED) is 0.573. The summed E-state index contributed by atoms with van der Waals surface area (Å²) in [6.07, 6.45) is 7.25. The molecule has 1 fully saturated rings. The van der Waals surface area contributed by atoms with E-state index < -0.39 is 0 Å². The Morgan fingerprint density at radius 1 is 1.56 bits per heavy atom. The van der Waals surface area contributed by atoms with E-state index in [4.69, 9.17) is 6.42 Å². The fourth-order valence-electron chi connectivity index (χ4n) is 0.840. The van der Waals surface area contributed by atoms with Crippen molar-refractivity contribution in [3.63, 3.8) is 0 Å². The van der Waals surface area contributed by atoms with E-state index >= 15 is 0 Å². The Bertz CT molecular complexity index is 102. The van der Waals surface area contributed by atoms with E-state index in [9.17, 15) is 0 Å². The van der Waals surface area contributed by atoms with E-state index in [0.717, 1.165) is 12.3 Å². The summed E-state index contributed by atoms with van der Waals surface area (Å²) in [5.74, 6) is 3.52. The highest BCUT2D eigenvalue weighted by molar-refractivity contribution is 5.85. The van der Waals surface area contributed by atoms with Crippen LogP contribution < -0.4 is 5.32 Å².